The molecule has 1 aliphatic heterocycles. The van der Waals surface area contributed by atoms with E-state index >= 15 is 0 Å². The zero-order chi connectivity index (χ0) is 13.7. The molecule has 1 fully saturated rings. The van der Waals surface area contributed by atoms with E-state index in [2.05, 4.69) is 0 Å². The summed E-state index contributed by atoms with van der Waals surface area (Å²) in [4.78, 5) is 11.4. The maximum absolute atomic E-state index is 11.4. The molecular weight excluding hydrogens is 321 g/mol. The van der Waals surface area contributed by atoms with Gasteiger partial charge in [0.2, 0.25) is 5.91 Å². The van der Waals surface area contributed by atoms with Gasteiger partial charge in [-0.15, -0.1) is 0 Å². The van der Waals surface area contributed by atoms with Crippen molar-refractivity contribution in [1.29, 1.82) is 0 Å². The van der Waals surface area contributed by atoms with Gasteiger partial charge in [0.25, 0.3) is 0 Å². The highest BCUT2D eigenvalue weighted by molar-refractivity contribution is 8.12. The minimum Gasteiger partial charge on any atom is -0.274 e. The van der Waals surface area contributed by atoms with Crippen LogP contribution in [-0.4, -0.2) is 18.6 Å². The second kappa shape index (κ2) is 4.27. The molecule has 0 N–H and O–H groups in total. The van der Waals surface area contributed by atoms with Crippen LogP contribution in [0.25, 0.3) is 0 Å². The first-order chi connectivity index (χ1) is 8.16. The summed E-state index contributed by atoms with van der Waals surface area (Å²) in [5.74, 6) is -0.566. The van der Waals surface area contributed by atoms with Crippen molar-refractivity contribution >= 4 is 49.0 Å². The number of benzene rings is 1. The van der Waals surface area contributed by atoms with E-state index in [1.54, 1.807) is 19.1 Å². The monoisotopic (exact) mass is 327 g/mol. The van der Waals surface area contributed by atoms with Crippen LogP contribution in [-0.2, 0) is 19.6 Å². The Morgan fingerprint density at radius 2 is 1.94 bits per heavy atom. The van der Waals surface area contributed by atoms with Gasteiger partial charge in [-0.05, 0) is 30.7 Å². The Morgan fingerprint density at radius 1 is 1.33 bits per heavy atom. The van der Waals surface area contributed by atoms with Gasteiger partial charge in [0.15, 0.2) is 0 Å². The Morgan fingerprint density at radius 3 is 2.44 bits per heavy atom. The smallest absolute Gasteiger partial charge is 0.274 e. The Kier molecular flexibility index (Phi) is 3.30. The van der Waals surface area contributed by atoms with Crippen LogP contribution in [0.4, 0.5) is 0 Å². The Labute approximate surface area is 119 Å². The van der Waals surface area contributed by atoms with Crippen molar-refractivity contribution < 1.29 is 13.2 Å². The Bertz CT molecular complexity index is 631. The molecule has 0 bridgehead atoms. The fraction of sp³-hybridized carbons (Fsp3) is 0.300. The number of hydrogen-bond acceptors (Lipinski definition) is 3. The number of nitrogens with zero attached hydrogens (tertiary/aromatic N) is 1. The molecule has 1 heterocycles. The molecule has 2 rings (SSSR count). The molecule has 4 nitrogen and oxygen atoms in total. The van der Waals surface area contributed by atoms with E-state index in [1.165, 1.54) is 6.07 Å². The molecular formula is C10H8Cl3NO3S. The van der Waals surface area contributed by atoms with Gasteiger partial charge in [-0.2, -0.15) is 8.42 Å². The molecule has 0 radical (unpaired) electrons. The molecule has 18 heavy (non-hydrogen) atoms. The average molecular weight is 329 g/mol. The maximum atomic E-state index is 11.4. The van der Waals surface area contributed by atoms with Gasteiger partial charge < -0.3 is 0 Å². The molecule has 1 saturated heterocycles. The van der Waals surface area contributed by atoms with E-state index in [1.807, 2.05) is 0 Å². The highest BCUT2D eigenvalue weighted by Crippen LogP contribution is 2.47. The van der Waals surface area contributed by atoms with E-state index in [-0.39, 0.29) is 6.42 Å². The van der Waals surface area contributed by atoms with Crippen molar-refractivity contribution in [3.8, 4) is 0 Å². The first-order valence-electron chi connectivity index (χ1n) is 4.89. The second-order valence-electron chi connectivity index (χ2n) is 4.18. The van der Waals surface area contributed by atoms with Gasteiger partial charge >= 0.3 is 9.24 Å². The summed E-state index contributed by atoms with van der Waals surface area (Å²) in [7, 11) is 1.11. The largest absolute Gasteiger partial charge is 0.324 e. The first kappa shape index (κ1) is 13.9. The molecule has 1 amide bonds. The average Bonchev–Trinajstić information content (AvgIpc) is 2.17. The van der Waals surface area contributed by atoms with Crippen LogP contribution in [0.15, 0.2) is 18.2 Å². The SMILES string of the molecule is CC1(c2cc(Cl)ccc2Cl)CC(=O)N1S(=O)(=O)Cl. The lowest BCUT2D eigenvalue weighted by molar-refractivity contribution is -0.144. The van der Waals surface area contributed by atoms with Crippen molar-refractivity contribution in [2.75, 3.05) is 0 Å². The first-order valence-corrected chi connectivity index (χ1v) is 7.92. The normalized spacial score (nSPS) is 24.0. The third-order valence-corrected chi connectivity index (χ3v) is 4.92. The quantitative estimate of drug-likeness (QED) is 0.619. The van der Waals surface area contributed by atoms with Crippen LogP contribution in [0.2, 0.25) is 10.0 Å². The second-order valence-corrected chi connectivity index (χ2v) is 7.38. The highest BCUT2D eigenvalue weighted by atomic mass is 35.7. The predicted molar refractivity (Wildman–Crippen MR) is 70.0 cm³/mol. The highest BCUT2D eigenvalue weighted by Gasteiger charge is 2.55. The molecule has 8 heteroatoms. The van der Waals surface area contributed by atoms with Crippen LogP contribution in [0.1, 0.15) is 18.9 Å². The van der Waals surface area contributed by atoms with Crippen molar-refractivity contribution in [1.82, 2.24) is 4.31 Å². The topological polar surface area (TPSA) is 54.5 Å². The maximum Gasteiger partial charge on any atom is 0.324 e. The third-order valence-electron chi connectivity index (χ3n) is 2.90. The van der Waals surface area contributed by atoms with E-state index < -0.39 is 20.7 Å². The van der Waals surface area contributed by atoms with Crippen molar-refractivity contribution in [2.24, 2.45) is 0 Å². The molecule has 98 valence electrons. The zero-order valence-corrected chi connectivity index (χ0v) is 12.2. The lowest BCUT2D eigenvalue weighted by Crippen LogP contribution is -2.60. The number of hydrogen-bond donors (Lipinski definition) is 0. The molecule has 1 aromatic carbocycles. The van der Waals surface area contributed by atoms with E-state index in [0.717, 1.165) is 0 Å². The molecule has 0 aromatic heterocycles. The predicted octanol–water partition coefficient (Wildman–Crippen LogP) is 2.92. The number of rotatable bonds is 2. The number of carbonyl (C=O) groups is 1. The summed E-state index contributed by atoms with van der Waals surface area (Å²) in [6.07, 6.45) is 0.0129. The summed E-state index contributed by atoms with van der Waals surface area (Å²) < 4.78 is 23.4. The number of halogens is 3. The van der Waals surface area contributed by atoms with Crippen molar-refractivity contribution in [2.45, 2.75) is 18.9 Å². The van der Waals surface area contributed by atoms with Crippen LogP contribution in [0.5, 0.6) is 0 Å². The third kappa shape index (κ3) is 2.09. The van der Waals surface area contributed by atoms with Crippen LogP contribution in [0.3, 0.4) is 0 Å². The van der Waals surface area contributed by atoms with E-state index in [4.69, 9.17) is 33.9 Å². The van der Waals surface area contributed by atoms with Gasteiger partial charge in [-0.3, -0.25) is 4.79 Å². The van der Waals surface area contributed by atoms with Crippen LogP contribution in [0, 0.1) is 0 Å². The Balaban J connectivity index is 2.56. The van der Waals surface area contributed by atoms with Gasteiger partial charge in [-0.1, -0.05) is 23.2 Å². The summed E-state index contributed by atoms with van der Waals surface area (Å²) in [6, 6.07) is 4.66. The van der Waals surface area contributed by atoms with Crippen molar-refractivity contribution in [3.05, 3.63) is 33.8 Å². The summed E-state index contributed by atoms with van der Waals surface area (Å²) in [6.45, 7) is 1.58. The standard InChI is InChI=1S/C10H8Cl3NO3S/c1-10(5-9(15)14(10)18(13,16)17)7-4-6(11)2-3-8(7)12/h2-4H,5H2,1H3. The lowest BCUT2D eigenvalue weighted by Gasteiger charge is -2.47. The molecule has 1 unspecified atom stereocenters. The van der Waals surface area contributed by atoms with E-state index in [9.17, 15) is 13.2 Å². The number of β-lactam (4-membered cyclic amide) rings is 1. The van der Waals surface area contributed by atoms with Crippen LogP contribution < -0.4 is 0 Å². The fourth-order valence-electron chi connectivity index (χ4n) is 2.10. The summed E-state index contributed by atoms with van der Waals surface area (Å²) in [5.41, 5.74) is -0.625. The fourth-order valence-corrected chi connectivity index (χ4v) is 4.23. The summed E-state index contributed by atoms with van der Waals surface area (Å²) in [5, 5.41) is 0.738. The zero-order valence-electron chi connectivity index (χ0n) is 9.15. The van der Waals surface area contributed by atoms with Crippen LogP contribution >= 0.6 is 33.9 Å². The number of amides is 1. The summed E-state index contributed by atoms with van der Waals surface area (Å²) >= 11 is 11.9. The minimum absolute atomic E-state index is 0.0129. The molecule has 0 saturated carbocycles. The van der Waals surface area contributed by atoms with Gasteiger partial charge in [0.1, 0.15) is 0 Å². The molecule has 1 atom stereocenters. The lowest BCUT2D eigenvalue weighted by atomic mass is 9.82. The van der Waals surface area contributed by atoms with Gasteiger partial charge in [-0.25, -0.2) is 4.31 Å². The molecule has 0 aliphatic carbocycles. The van der Waals surface area contributed by atoms with Crippen molar-refractivity contribution in [3.63, 3.8) is 0 Å². The van der Waals surface area contributed by atoms with Gasteiger partial charge in [0.05, 0.1) is 12.0 Å². The minimum atomic E-state index is -4.15. The Hall–Kier alpha value is -0.490. The molecule has 1 aliphatic rings. The molecule has 1 aromatic rings. The van der Waals surface area contributed by atoms with Gasteiger partial charge in [0, 0.05) is 20.7 Å². The molecule has 0 spiro atoms. The van der Waals surface area contributed by atoms with E-state index in [0.29, 0.717) is 19.9 Å². The number of carbonyl (C=O) groups excluding carboxylic acids is 1.